The third-order valence-electron chi connectivity index (χ3n) is 7.67. The van der Waals surface area contributed by atoms with Gasteiger partial charge in [-0.3, -0.25) is 4.79 Å². The summed E-state index contributed by atoms with van der Waals surface area (Å²) in [6.45, 7) is -0.437. The van der Waals surface area contributed by atoms with Crippen LogP contribution in [-0.2, 0) is 22.6 Å². The molecule has 41 heavy (non-hydrogen) atoms. The number of carbonyl (C=O) groups excluding carboxylic acids is 2. The fourth-order valence-electron chi connectivity index (χ4n) is 5.38. The van der Waals surface area contributed by atoms with Crippen LogP contribution in [0.3, 0.4) is 0 Å². The molecule has 5 rings (SSSR count). The number of hydrogen-bond acceptors (Lipinski definition) is 6. The third kappa shape index (κ3) is 7.09. The number of rotatable bonds is 7. The maximum absolute atomic E-state index is 13.9. The quantitative estimate of drug-likeness (QED) is 0.390. The SMILES string of the molecule is O=C(N[C@H](c1cn2nc(CC3C[C@H](C(F)(F)F)CNC3=O)cnc2n1)C1CCC(F)(F)CC1)OCc1ccccc1. The average Bonchev–Trinajstić information content (AvgIpc) is 3.35. The minimum absolute atomic E-state index is 0.0176. The van der Waals surface area contributed by atoms with Crippen molar-refractivity contribution in [3.63, 3.8) is 0 Å². The third-order valence-corrected chi connectivity index (χ3v) is 7.67. The van der Waals surface area contributed by atoms with Crippen molar-refractivity contribution in [2.75, 3.05) is 6.54 Å². The maximum atomic E-state index is 13.9. The average molecular weight is 581 g/mol. The molecule has 1 unspecified atom stereocenters. The first kappa shape index (κ1) is 28.7. The lowest BCUT2D eigenvalue weighted by Gasteiger charge is -2.33. The van der Waals surface area contributed by atoms with Crippen molar-refractivity contribution in [1.82, 2.24) is 30.2 Å². The molecule has 2 amide bonds. The molecule has 2 aromatic heterocycles. The molecule has 3 heterocycles. The highest BCUT2D eigenvalue weighted by atomic mass is 19.4. The molecule has 2 fully saturated rings. The van der Waals surface area contributed by atoms with E-state index < -0.39 is 48.5 Å². The number of nitrogens with zero attached hydrogens (tertiary/aromatic N) is 4. The monoisotopic (exact) mass is 580 g/mol. The summed E-state index contributed by atoms with van der Waals surface area (Å²) >= 11 is 0. The highest BCUT2D eigenvalue weighted by Gasteiger charge is 2.45. The van der Waals surface area contributed by atoms with E-state index in [1.807, 2.05) is 18.2 Å². The van der Waals surface area contributed by atoms with Crippen LogP contribution in [0.5, 0.6) is 0 Å². The standard InChI is InChI=1S/C27H29F5N6O3/c28-26(29)8-6-17(7-9-26)22(36-25(40)41-15-16-4-2-1-3-5-16)21-14-38-24(35-21)34-13-20(37-38)11-18-10-19(27(30,31)32)12-33-23(18)39/h1-5,13-14,17-19,22H,6-12,15H2,(H,33,39)(H,36,40)/t18?,19-,22-/m0/s1. The van der Waals surface area contributed by atoms with Gasteiger partial charge in [0.2, 0.25) is 11.8 Å². The first-order valence-electron chi connectivity index (χ1n) is 13.4. The Kier molecular flexibility index (Phi) is 8.09. The Labute approximate surface area is 231 Å². The molecule has 3 aromatic rings. The fraction of sp³-hybridized carbons (Fsp3) is 0.519. The van der Waals surface area contributed by atoms with E-state index in [1.165, 1.54) is 16.9 Å². The summed E-state index contributed by atoms with van der Waals surface area (Å²) in [5.41, 5.74) is 1.40. The van der Waals surface area contributed by atoms with Crippen LogP contribution in [-0.4, -0.2) is 50.2 Å². The Morgan fingerprint density at radius 2 is 1.93 bits per heavy atom. The lowest BCUT2D eigenvalue weighted by molar-refractivity contribution is -0.183. The van der Waals surface area contributed by atoms with E-state index in [0.717, 1.165) is 5.56 Å². The summed E-state index contributed by atoms with van der Waals surface area (Å²) in [5.74, 6) is -6.03. The van der Waals surface area contributed by atoms with Gasteiger partial charge in [-0.25, -0.2) is 28.1 Å². The van der Waals surface area contributed by atoms with Gasteiger partial charge in [0.05, 0.1) is 35.7 Å². The zero-order chi connectivity index (χ0) is 29.2. The molecular formula is C27H29F5N6O3. The molecule has 1 aromatic carbocycles. The Balaban J connectivity index is 1.33. The summed E-state index contributed by atoms with van der Waals surface area (Å²) in [7, 11) is 0. The summed E-state index contributed by atoms with van der Waals surface area (Å²) < 4.78 is 74.1. The lowest BCUT2D eigenvalue weighted by atomic mass is 9.81. The molecule has 2 aliphatic rings. The molecule has 1 aliphatic heterocycles. The van der Waals surface area contributed by atoms with E-state index in [2.05, 4.69) is 25.7 Å². The van der Waals surface area contributed by atoms with E-state index in [0.29, 0.717) is 5.69 Å². The Bertz CT molecular complexity index is 1370. The Morgan fingerprint density at radius 1 is 1.20 bits per heavy atom. The summed E-state index contributed by atoms with van der Waals surface area (Å²) in [5, 5.41) is 9.47. The predicted octanol–water partition coefficient (Wildman–Crippen LogP) is 4.77. The van der Waals surface area contributed by atoms with Gasteiger partial charge >= 0.3 is 12.3 Å². The number of hydrogen-bond donors (Lipinski definition) is 2. The molecule has 0 bridgehead atoms. The largest absolute Gasteiger partial charge is 0.445 e. The number of nitrogens with one attached hydrogen (secondary N) is 2. The Morgan fingerprint density at radius 3 is 2.63 bits per heavy atom. The van der Waals surface area contributed by atoms with Crippen molar-refractivity contribution >= 4 is 17.8 Å². The number of carbonyl (C=O) groups is 2. The number of amides is 2. The normalized spacial score (nSPS) is 22.2. The van der Waals surface area contributed by atoms with Crippen molar-refractivity contribution in [1.29, 1.82) is 0 Å². The number of imidazole rings is 1. The zero-order valence-corrected chi connectivity index (χ0v) is 21.9. The topological polar surface area (TPSA) is 111 Å². The van der Waals surface area contributed by atoms with Gasteiger partial charge in [0.1, 0.15) is 6.61 Å². The van der Waals surface area contributed by atoms with Crippen molar-refractivity contribution in [3.05, 3.63) is 59.7 Å². The summed E-state index contributed by atoms with van der Waals surface area (Å²) in [6.07, 6.45) is -3.09. The highest BCUT2D eigenvalue weighted by Crippen LogP contribution is 2.41. The van der Waals surface area contributed by atoms with Crippen LogP contribution in [0.2, 0.25) is 0 Å². The number of fused-ring (bicyclic) bond motifs is 1. The van der Waals surface area contributed by atoms with Crippen LogP contribution in [0, 0.1) is 17.8 Å². The van der Waals surface area contributed by atoms with Crippen molar-refractivity contribution in [2.24, 2.45) is 17.8 Å². The molecule has 1 saturated heterocycles. The second kappa shape index (κ2) is 11.6. The van der Waals surface area contributed by atoms with Crippen LogP contribution in [0.25, 0.3) is 5.78 Å². The number of halogens is 5. The molecule has 14 heteroatoms. The molecule has 2 N–H and O–H groups in total. The molecule has 1 saturated carbocycles. The van der Waals surface area contributed by atoms with Gasteiger partial charge in [0.15, 0.2) is 0 Å². The van der Waals surface area contributed by atoms with Gasteiger partial charge < -0.3 is 15.4 Å². The second-order valence-electron chi connectivity index (χ2n) is 10.7. The highest BCUT2D eigenvalue weighted by molar-refractivity contribution is 5.79. The van der Waals surface area contributed by atoms with Gasteiger partial charge in [-0.15, -0.1) is 0 Å². The first-order valence-corrected chi connectivity index (χ1v) is 13.4. The van der Waals surface area contributed by atoms with Crippen molar-refractivity contribution < 1.29 is 36.3 Å². The van der Waals surface area contributed by atoms with Gasteiger partial charge in [0.25, 0.3) is 5.78 Å². The van der Waals surface area contributed by atoms with Crippen molar-refractivity contribution in [3.8, 4) is 0 Å². The molecule has 220 valence electrons. The van der Waals surface area contributed by atoms with Gasteiger partial charge in [-0.2, -0.15) is 18.3 Å². The molecule has 9 nitrogen and oxygen atoms in total. The lowest BCUT2D eigenvalue weighted by Crippen LogP contribution is -2.47. The van der Waals surface area contributed by atoms with E-state index in [1.54, 1.807) is 12.1 Å². The smallest absolute Gasteiger partial charge is 0.408 e. The van der Waals surface area contributed by atoms with Gasteiger partial charge in [-0.05, 0) is 30.7 Å². The Hall–Kier alpha value is -3.84. The molecule has 1 aliphatic carbocycles. The zero-order valence-electron chi connectivity index (χ0n) is 21.9. The number of piperidine rings is 1. The van der Waals surface area contributed by atoms with E-state index in [-0.39, 0.29) is 62.5 Å². The number of aromatic nitrogens is 4. The fourth-order valence-corrected chi connectivity index (χ4v) is 5.38. The number of alkyl carbamates (subject to hydrolysis) is 1. The number of ether oxygens (including phenoxy) is 1. The molecule has 3 atom stereocenters. The van der Waals surface area contributed by atoms with Crippen LogP contribution < -0.4 is 10.6 Å². The molecule has 0 radical (unpaired) electrons. The summed E-state index contributed by atoms with van der Waals surface area (Å²) in [6, 6.07) is 8.27. The van der Waals surface area contributed by atoms with Gasteiger partial charge in [-0.1, -0.05) is 30.3 Å². The van der Waals surface area contributed by atoms with Crippen molar-refractivity contribution in [2.45, 2.75) is 63.3 Å². The van der Waals surface area contributed by atoms with Crippen LogP contribution in [0.1, 0.15) is 55.1 Å². The van der Waals surface area contributed by atoms with Crippen LogP contribution in [0.4, 0.5) is 26.7 Å². The predicted molar refractivity (Wildman–Crippen MR) is 135 cm³/mol. The molecular weight excluding hydrogens is 551 g/mol. The molecule has 0 spiro atoms. The van der Waals surface area contributed by atoms with Gasteiger partial charge in [0, 0.05) is 31.7 Å². The number of benzene rings is 1. The minimum Gasteiger partial charge on any atom is -0.445 e. The van der Waals surface area contributed by atoms with Crippen LogP contribution in [0.15, 0.2) is 42.7 Å². The number of alkyl halides is 5. The van der Waals surface area contributed by atoms with Crippen LogP contribution >= 0.6 is 0 Å². The first-order chi connectivity index (χ1) is 19.5. The van der Waals surface area contributed by atoms with E-state index >= 15 is 0 Å². The summed E-state index contributed by atoms with van der Waals surface area (Å²) in [4.78, 5) is 33.7. The second-order valence-corrected chi connectivity index (χ2v) is 10.7. The van der Waals surface area contributed by atoms with E-state index in [4.69, 9.17) is 4.74 Å². The van der Waals surface area contributed by atoms with E-state index in [9.17, 15) is 31.5 Å². The minimum atomic E-state index is -4.42. The maximum Gasteiger partial charge on any atom is 0.408 e.